The van der Waals surface area contributed by atoms with Gasteiger partial charge in [0.05, 0.1) is 25.5 Å². The fourth-order valence-electron chi connectivity index (χ4n) is 2.99. The maximum atomic E-state index is 14.4. The highest BCUT2D eigenvalue weighted by Crippen LogP contribution is 2.39. The molecule has 0 fully saturated rings. The third-order valence-electron chi connectivity index (χ3n) is 4.27. The fourth-order valence-corrected chi connectivity index (χ4v) is 2.99. The summed E-state index contributed by atoms with van der Waals surface area (Å²) in [7, 11) is 0. The largest absolute Gasteiger partial charge is 0.490 e. The van der Waals surface area contributed by atoms with Crippen molar-refractivity contribution in [1.82, 2.24) is 4.57 Å². The van der Waals surface area contributed by atoms with Crippen molar-refractivity contribution in [3.8, 4) is 22.9 Å². The second-order valence-electron chi connectivity index (χ2n) is 6.31. The molecule has 3 aromatic rings. The zero-order valence-electron chi connectivity index (χ0n) is 17.3. The van der Waals surface area contributed by atoms with Gasteiger partial charge in [-0.25, -0.2) is 4.39 Å². The maximum Gasteiger partial charge on any atom is 0.256 e. The van der Waals surface area contributed by atoms with Crippen LogP contribution >= 0.6 is 0 Å². The number of aromatic nitrogens is 1. The molecule has 0 aliphatic carbocycles. The molecule has 0 aliphatic rings. The predicted octanol–water partition coefficient (Wildman–Crippen LogP) is 5.06. The van der Waals surface area contributed by atoms with Crippen LogP contribution in [-0.2, 0) is 0 Å². The van der Waals surface area contributed by atoms with Crippen LogP contribution in [0.4, 0.5) is 10.1 Å². The van der Waals surface area contributed by atoms with Crippen LogP contribution in [-0.4, -0.2) is 30.3 Å². The number of benzene rings is 2. The first-order chi connectivity index (χ1) is 14.6. The SMILES string of the molecule is CCOc1cc(C(=O)Nc2cc(-n3cccc3)ccc2F)cc(OCC)c1OCC. The van der Waals surface area contributed by atoms with Gasteiger partial charge in [0, 0.05) is 23.6 Å². The van der Waals surface area contributed by atoms with Gasteiger partial charge in [0.15, 0.2) is 11.5 Å². The normalized spacial score (nSPS) is 10.5. The smallest absolute Gasteiger partial charge is 0.256 e. The molecular formula is C23H25FN2O4. The molecule has 1 amide bonds. The molecule has 3 rings (SSSR count). The van der Waals surface area contributed by atoms with Crippen molar-refractivity contribution in [1.29, 1.82) is 0 Å². The first-order valence-electron chi connectivity index (χ1n) is 9.88. The van der Waals surface area contributed by atoms with Gasteiger partial charge in [-0.3, -0.25) is 4.79 Å². The number of anilines is 1. The minimum atomic E-state index is -0.528. The van der Waals surface area contributed by atoms with E-state index in [2.05, 4.69) is 5.32 Å². The lowest BCUT2D eigenvalue weighted by atomic mass is 10.1. The predicted molar refractivity (Wildman–Crippen MR) is 114 cm³/mol. The van der Waals surface area contributed by atoms with E-state index in [-0.39, 0.29) is 11.3 Å². The minimum Gasteiger partial charge on any atom is -0.490 e. The van der Waals surface area contributed by atoms with E-state index in [1.807, 2.05) is 49.9 Å². The third kappa shape index (κ3) is 4.74. The van der Waals surface area contributed by atoms with Crippen molar-refractivity contribution in [3.05, 3.63) is 66.2 Å². The molecule has 0 radical (unpaired) electrons. The Bertz CT molecular complexity index is 975. The molecule has 1 N–H and O–H groups in total. The highest BCUT2D eigenvalue weighted by molar-refractivity contribution is 6.05. The van der Waals surface area contributed by atoms with Gasteiger partial charge in [0.25, 0.3) is 5.91 Å². The lowest BCUT2D eigenvalue weighted by Gasteiger charge is -2.17. The van der Waals surface area contributed by atoms with Gasteiger partial charge in [-0.05, 0) is 63.2 Å². The standard InChI is InChI=1S/C23H25FN2O4/c1-4-28-20-13-16(14-21(29-5-2)22(20)30-6-3)23(27)25-19-15-17(9-10-18(19)24)26-11-7-8-12-26/h7-15H,4-6H2,1-3H3,(H,25,27). The summed E-state index contributed by atoms with van der Waals surface area (Å²) in [5.41, 5.74) is 1.08. The van der Waals surface area contributed by atoms with Crippen molar-refractivity contribution in [2.75, 3.05) is 25.1 Å². The van der Waals surface area contributed by atoms with Crippen LogP contribution < -0.4 is 19.5 Å². The molecule has 0 saturated carbocycles. The summed E-state index contributed by atoms with van der Waals surface area (Å²) in [6.07, 6.45) is 3.68. The summed E-state index contributed by atoms with van der Waals surface area (Å²) in [6, 6.07) is 11.4. The number of carbonyl (C=O) groups excluding carboxylic acids is 1. The number of hydrogen-bond acceptors (Lipinski definition) is 4. The van der Waals surface area contributed by atoms with Gasteiger partial charge < -0.3 is 24.1 Å². The number of amides is 1. The Kier molecular flexibility index (Phi) is 6.95. The quantitative estimate of drug-likeness (QED) is 0.533. The molecule has 6 nitrogen and oxygen atoms in total. The summed E-state index contributed by atoms with van der Waals surface area (Å²) in [6.45, 7) is 6.74. The molecule has 0 bridgehead atoms. The van der Waals surface area contributed by atoms with Gasteiger partial charge in [-0.15, -0.1) is 0 Å². The van der Waals surface area contributed by atoms with Crippen LogP contribution in [0, 0.1) is 5.82 Å². The molecule has 1 heterocycles. The zero-order chi connectivity index (χ0) is 21.5. The third-order valence-corrected chi connectivity index (χ3v) is 4.27. The Morgan fingerprint density at radius 3 is 2.10 bits per heavy atom. The van der Waals surface area contributed by atoms with Crippen LogP contribution in [0.25, 0.3) is 5.69 Å². The van der Waals surface area contributed by atoms with Crippen LogP contribution in [0.3, 0.4) is 0 Å². The molecule has 0 saturated heterocycles. The van der Waals surface area contributed by atoms with Gasteiger partial charge in [0.2, 0.25) is 5.75 Å². The van der Waals surface area contributed by atoms with Crippen molar-refractivity contribution in [3.63, 3.8) is 0 Å². The molecule has 7 heteroatoms. The maximum absolute atomic E-state index is 14.4. The molecule has 0 unspecified atom stereocenters. The van der Waals surface area contributed by atoms with Crippen LogP contribution in [0.5, 0.6) is 17.2 Å². The molecule has 2 aromatic carbocycles. The number of carbonyl (C=O) groups is 1. The van der Waals surface area contributed by atoms with E-state index in [0.29, 0.717) is 37.1 Å². The number of hydrogen-bond donors (Lipinski definition) is 1. The Morgan fingerprint density at radius 2 is 1.53 bits per heavy atom. The lowest BCUT2D eigenvalue weighted by Crippen LogP contribution is -2.14. The van der Waals surface area contributed by atoms with Crippen LogP contribution in [0.2, 0.25) is 0 Å². The topological polar surface area (TPSA) is 61.7 Å². The zero-order valence-corrected chi connectivity index (χ0v) is 17.3. The van der Waals surface area contributed by atoms with Crippen molar-refractivity contribution >= 4 is 11.6 Å². The molecule has 1 aromatic heterocycles. The molecule has 30 heavy (non-hydrogen) atoms. The number of nitrogens with zero attached hydrogens (tertiary/aromatic N) is 1. The fraction of sp³-hybridized carbons (Fsp3) is 0.261. The summed E-state index contributed by atoms with van der Waals surface area (Å²) >= 11 is 0. The first-order valence-corrected chi connectivity index (χ1v) is 9.88. The van der Waals surface area contributed by atoms with Crippen LogP contribution in [0.1, 0.15) is 31.1 Å². The van der Waals surface area contributed by atoms with E-state index in [0.717, 1.165) is 5.69 Å². The lowest BCUT2D eigenvalue weighted by molar-refractivity contribution is 0.102. The van der Waals surface area contributed by atoms with Crippen LogP contribution in [0.15, 0.2) is 54.9 Å². The van der Waals surface area contributed by atoms with Crippen molar-refractivity contribution < 1.29 is 23.4 Å². The Hall–Kier alpha value is -3.48. The van der Waals surface area contributed by atoms with E-state index in [1.54, 1.807) is 24.3 Å². The van der Waals surface area contributed by atoms with E-state index >= 15 is 0 Å². The van der Waals surface area contributed by atoms with Crippen molar-refractivity contribution in [2.24, 2.45) is 0 Å². The minimum absolute atomic E-state index is 0.0796. The van der Waals surface area contributed by atoms with Gasteiger partial charge in [-0.1, -0.05) is 0 Å². The molecule has 158 valence electrons. The number of halogens is 1. The molecular weight excluding hydrogens is 387 g/mol. The summed E-state index contributed by atoms with van der Waals surface area (Å²) in [4.78, 5) is 12.9. The first kappa shape index (κ1) is 21.2. The monoisotopic (exact) mass is 412 g/mol. The van der Waals surface area contributed by atoms with E-state index < -0.39 is 11.7 Å². The van der Waals surface area contributed by atoms with Gasteiger partial charge in [0.1, 0.15) is 5.82 Å². The number of nitrogens with one attached hydrogen (secondary N) is 1. The Balaban J connectivity index is 1.94. The van der Waals surface area contributed by atoms with E-state index in [9.17, 15) is 9.18 Å². The summed E-state index contributed by atoms with van der Waals surface area (Å²) < 4.78 is 33.1. The van der Waals surface area contributed by atoms with Gasteiger partial charge in [-0.2, -0.15) is 0 Å². The second-order valence-corrected chi connectivity index (χ2v) is 6.31. The number of ether oxygens (including phenoxy) is 3. The highest BCUT2D eigenvalue weighted by atomic mass is 19.1. The van der Waals surface area contributed by atoms with E-state index in [1.165, 1.54) is 6.07 Å². The van der Waals surface area contributed by atoms with Crippen molar-refractivity contribution in [2.45, 2.75) is 20.8 Å². The second kappa shape index (κ2) is 9.82. The Morgan fingerprint density at radius 1 is 0.933 bits per heavy atom. The average Bonchev–Trinajstić information content (AvgIpc) is 3.27. The molecule has 0 aliphatic heterocycles. The molecule has 0 atom stereocenters. The number of rotatable bonds is 9. The van der Waals surface area contributed by atoms with Gasteiger partial charge >= 0.3 is 0 Å². The average molecular weight is 412 g/mol. The summed E-state index contributed by atoms with van der Waals surface area (Å²) in [5, 5.41) is 2.64. The highest BCUT2D eigenvalue weighted by Gasteiger charge is 2.19. The molecule has 0 spiro atoms. The summed E-state index contributed by atoms with van der Waals surface area (Å²) in [5.74, 6) is 0.233. The Labute approximate surface area is 175 Å². The van der Waals surface area contributed by atoms with E-state index in [4.69, 9.17) is 14.2 Å².